The van der Waals surface area contributed by atoms with E-state index in [2.05, 4.69) is 5.32 Å². The summed E-state index contributed by atoms with van der Waals surface area (Å²) >= 11 is 0. The van der Waals surface area contributed by atoms with Crippen LogP contribution in [0, 0.1) is 11.7 Å². The van der Waals surface area contributed by atoms with E-state index in [0.717, 1.165) is 5.56 Å². The van der Waals surface area contributed by atoms with Crippen molar-refractivity contribution in [2.75, 3.05) is 13.2 Å². The Morgan fingerprint density at radius 2 is 2.06 bits per heavy atom. The van der Waals surface area contributed by atoms with Gasteiger partial charge in [0.15, 0.2) is 0 Å². The highest BCUT2D eigenvalue weighted by molar-refractivity contribution is 5.34. The lowest BCUT2D eigenvalue weighted by atomic mass is 10.1. The summed E-state index contributed by atoms with van der Waals surface area (Å²) in [7, 11) is 0. The van der Waals surface area contributed by atoms with Crippen LogP contribution in [0.3, 0.4) is 0 Å². The van der Waals surface area contributed by atoms with Crippen LogP contribution in [-0.2, 0) is 6.54 Å². The number of ether oxygens (including phenoxy) is 1. The standard InChI is InChI=1S/C14H22FNO2/c1-10(2)16-7-12-6-13(15)4-5-14(12)18-9-11(3)8-17/h4-6,10-11,16-17H,7-9H2,1-3H3. The van der Waals surface area contributed by atoms with Gasteiger partial charge in [-0.3, -0.25) is 0 Å². The highest BCUT2D eigenvalue weighted by Gasteiger charge is 2.08. The third-order valence-corrected chi connectivity index (χ3v) is 2.56. The minimum atomic E-state index is -0.266. The predicted octanol–water partition coefficient (Wildman–Crippen LogP) is 2.33. The van der Waals surface area contributed by atoms with Crippen molar-refractivity contribution in [3.63, 3.8) is 0 Å². The van der Waals surface area contributed by atoms with E-state index in [9.17, 15) is 4.39 Å². The molecule has 0 aliphatic heterocycles. The van der Waals surface area contributed by atoms with Gasteiger partial charge < -0.3 is 15.2 Å². The first-order chi connectivity index (χ1) is 8.52. The molecule has 0 bridgehead atoms. The van der Waals surface area contributed by atoms with Crippen LogP contribution >= 0.6 is 0 Å². The molecule has 102 valence electrons. The van der Waals surface area contributed by atoms with Gasteiger partial charge in [0, 0.05) is 30.7 Å². The molecular weight excluding hydrogens is 233 g/mol. The van der Waals surface area contributed by atoms with Crippen molar-refractivity contribution < 1.29 is 14.2 Å². The van der Waals surface area contributed by atoms with Gasteiger partial charge in [-0.25, -0.2) is 4.39 Å². The average Bonchev–Trinajstić information content (AvgIpc) is 2.34. The second-order valence-corrected chi connectivity index (χ2v) is 4.89. The third-order valence-electron chi connectivity index (χ3n) is 2.56. The van der Waals surface area contributed by atoms with Crippen LogP contribution in [0.25, 0.3) is 0 Å². The fourth-order valence-electron chi connectivity index (χ4n) is 1.43. The zero-order chi connectivity index (χ0) is 13.5. The molecule has 1 aromatic carbocycles. The number of halogens is 1. The first-order valence-corrected chi connectivity index (χ1v) is 6.28. The number of aliphatic hydroxyl groups is 1. The Balaban J connectivity index is 2.69. The SMILES string of the molecule is CC(CO)COc1ccc(F)cc1CNC(C)C. The molecule has 1 unspecified atom stereocenters. The monoisotopic (exact) mass is 255 g/mol. The van der Waals surface area contributed by atoms with Gasteiger partial charge in [-0.15, -0.1) is 0 Å². The van der Waals surface area contributed by atoms with Gasteiger partial charge >= 0.3 is 0 Å². The fraction of sp³-hybridized carbons (Fsp3) is 0.571. The largest absolute Gasteiger partial charge is 0.493 e. The quantitative estimate of drug-likeness (QED) is 0.785. The number of rotatable bonds is 7. The minimum Gasteiger partial charge on any atom is -0.493 e. The molecule has 1 rings (SSSR count). The highest BCUT2D eigenvalue weighted by atomic mass is 19.1. The second-order valence-electron chi connectivity index (χ2n) is 4.89. The molecule has 1 aromatic rings. The smallest absolute Gasteiger partial charge is 0.123 e. The van der Waals surface area contributed by atoms with E-state index in [1.807, 2.05) is 20.8 Å². The number of aliphatic hydroxyl groups excluding tert-OH is 1. The Labute approximate surface area is 108 Å². The summed E-state index contributed by atoms with van der Waals surface area (Å²) < 4.78 is 18.8. The first kappa shape index (κ1) is 14.9. The predicted molar refractivity (Wildman–Crippen MR) is 70.1 cm³/mol. The molecule has 2 N–H and O–H groups in total. The van der Waals surface area contributed by atoms with Crippen LogP contribution in [0.5, 0.6) is 5.75 Å². The summed E-state index contributed by atoms with van der Waals surface area (Å²) in [6.07, 6.45) is 0. The van der Waals surface area contributed by atoms with Gasteiger partial charge in [0.1, 0.15) is 11.6 Å². The van der Waals surface area contributed by atoms with Crippen LogP contribution in [0.4, 0.5) is 4.39 Å². The van der Waals surface area contributed by atoms with Gasteiger partial charge in [0.25, 0.3) is 0 Å². The molecule has 1 atom stereocenters. The Kier molecular flexibility index (Phi) is 6.09. The molecule has 0 amide bonds. The summed E-state index contributed by atoms with van der Waals surface area (Å²) in [5, 5.41) is 12.2. The van der Waals surface area contributed by atoms with Crippen LogP contribution in [0.15, 0.2) is 18.2 Å². The second kappa shape index (κ2) is 7.34. The van der Waals surface area contributed by atoms with Crippen molar-refractivity contribution in [2.45, 2.75) is 33.4 Å². The molecule has 0 aliphatic carbocycles. The van der Waals surface area contributed by atoms with E-state index in [0.29, 0.717) is 24.9 Å². The van der Waals surface area contributed by atoms with E-state index >= 15 is 0 Å². The van der Waals surface area contributed by atoms with Crippen molar-refractivity contribution in [2.24, 2.45) is 5.92 Å². The van der Waals surface area contributed by atoms with Gasteiger partial charge in [-0.2, -0.15) is 0 Å². The summed E-state index contributed by atoms with van der Waals surface area (Å²) in [5.74, 6) is 0.476. The van der Waals surface area contributed by atoms with Crippen LogP contribution in [0.2, 0.25) is 0 Å². The first-order valence-electron chi connectivity index (χ1n) is 6.28. The maximum atomic E-state index is 13.2. The van der Waals surface area contributed by atoms with Gasteiger partial charge in [0.2, 0.25) is 0 Å². The van der Waals surface area contributed by atoms with Gasteiger partial charge in [0.05, 0.1) is 6.61 Å². The normalized spacial score (nSPS) is 12.8. The topological polar surface area (TPSA) is 41.5 Å². The molecule has 0 saturated heterocycles. The molecule has 0 aliphatic rings. The highest BCUT2D eigenvalue weighted by Crippen LogP contribution is 2.20. The molecule has 0 saturated carbocycles. The Morgan fingerprint density at radius 3 is 2.67 bits per heavy atom. The summed E-state index contributed by atoms with van der Waals surface area (Å²) in [6.45, 7) is 7.05. The van der Waals surface area contributed by atoms with Gasteiger partial charge in [-0.1, -0.05) is 20.8 Å². The summed E-state index contributed by atoms with van der Waals surface area (Å²) in [5.41, 5.74) is 0.800. The fourth-order valence-corrected chi connectivity index (χ4v) is 1.43. The van der Waals surface area contributed by atoms with E-state index in [1.54, 1.807) is 6.07 Å². The molecule has 0 radical (unpaired) electrons. The van der Waals surface area contributed by atoms with Gasteiger partial charge in [-0.05, 0) is 18.2 Å². The maximum absolute atomic E-state index is 13.2. The number of benzene rings is 1. The lowest BCUT2D eigenvalue weighted by Crippen LogP contribution is -2.22. The zero-order valence-electron chi connectivity index (χ0n) is 11.2. The third kappa shape index (κ3) is 5.02. The zero-order valence-corrected chi connectivity index (χ0v) is 11.2. The van der Waals surface area contributed by atoms with E-state index in [4.69, 9.17) is 9.84 Å². The lowest BCUT2D eigenvalue weighted by molar-refractivity contribution is 0.173. The van der Waals surface area contributed by atoms with Crippen molar-refractivity contribution in [3.8, 4) is 5.75 Å². The molecule has 0 fully saturated rings. The molecule has 0 spiro atoms. The number of hydrogen-bond donors (Lipinski definition) is 2. The van der Waals surface area contributed by atoms with Crippen LogP contribution < -0.4 is 10.1 Å². The molecular formula is C14H22FNO2. The van der Waals surface area contributed by atoms with Crippen molar-refractivity contribution in [3.05, 3.63) is 29.6 Å². The molecule has 0 aromatic heterocycles. The molecule has 3 nitrogen and oxygen atoms in total. The Hall–Kier alpha value is -1.13. The maximum Gasteiger partial charge on any atom is 0.123 e. The van der Waals surface area contributed by atoms with Crippen LogP contribution in [0.1, 0.15) is 26.3 Å². The molecule has 4 heteroatoms. The summed E-state index contributed by atoms with van der Waals surface area (Å²) in [4.78, 5) is 0. The molecule has 18 heavy (non-hydrogen) atoms. The Bertz CT molecular complexity index is 369. The van der Waals surface area contributed by atoms with Crippen molar-refractivity contribution in [1.82, 2.24) is 5.32 Å². The number of nitrogens with one attached hydrogen (secondary N) is 1. The average molecular weight is 255 g/mol. The Morgan fingerprint density at radius 1 is 1.33 bits per heavy atom. The number of hydrogen-bond acceptors (Lipinski definition) is 3. The van der Waals surface area contributed by atoms with Crippen LogP contribution in [-0.4, -0.2) is 24.4 Å². The van der Waals surface area contributed by atoms with E-state index in [-0.39, 0.29) is 18.3 Å². The summed E-state index contributed by atoms with van der Waals surface area (Å²) in [6, 6.07) is 4.83. The molecule has 0 heterocycles. The van der Waals surface area contributed by atoms with E-state index in [1.165, 1.54) is 12.1 Å². The van der Waals surface area contributed by atoms with Crippen molar-refractivity contribution in [1.29, 1.82) is 0 Å². The lowest BCUT2D eigenvalue weighted by Gasteiger charge is -2.15. The minimum absolute atomic E-state index is 0.0703. The van der Waals surface area contributed by atoms with Crippen molar-refractivity contribution >= 4 is 0 Å². The van der Waals surface area contributed by atoms with E-state index < -0.39 is 0 Å².